The van der Waals surface area contributed by atoms with E-state index >= 15 is 0 Å². The fourth-order valence-corrected chi connectivity index (χ4v) is 2.53. The summed E-state index contributed by atoms with van der Waals surface area (Å²) in [7, 11) is 0. The first-order chi connectivity index (χ1) is 11.5. The van der Waals surface area contributed by atoms with E-state index in [2.05, 4.69) is 10.3 Å². The van der Waals surface area contributed by atoms with Crippen LogP contribution in [-0.4, -0.2) is 10.9 Å². The highest BCUT2D eigenvalue weighted by molar-refractivity contribution is 6.31. The maximum atomic E-state index is 12.4. The van der Waals surface area contributed by atoms with Gasteiger partial charge in [-0.15, -0.1) is 0 Å². The number of benzene rings is 2. The van der Waals surface area contributed by atoms with Gasteiger partial charge < -0.3 is 9.73 Å². The van der Waals surface area contributed by atoms with Gasteiger partial charge in [0.15, 0.2) is 5.69 Å². The SMILES string of the molecule is Cc1ccc(-c2nc(C(=O)NCc3ccccc3Cl)c(C)o2)cc1. The van der Waals surface area contributed by atoms with Crippen LogP contribution in [-0.2, 0) is 6.54 Å². The number of aryl methyl sites for hydroxylation is 2. The lowest BCUT2D eigenvalue weighted by Crippen LogP contribution is -2.24. The van der Waals surface area contributed by atoms with Gasteiger partial charge in [-0.1, -0.05) is 47.5 Å². The van der Waals surface area contributed by atoms with E-state index in [0.717, 1.165) is 16.7 Å². The molecule has 24 heavy (non-hydrogen) atoms. The van der Waals surface area contributed by atoms with Crippen molar-refractivity contribution in [1.29, 1.82) is 0 Å². The predicted octanol–water partition coefficient (Wildman–Crippen LogP) is 4.54. The van der Waals surface area contributed by atoms with Gasteiger partial charge in [0.1, 0.15) is 5.76 Å². The van der Waals surface area contributed by atoms with Crippen LogP contribution in [0.15, 0.2) is 52.9 Å². The molecule has 0 radical (unpaired) electrons. The summed E-state index contributed by atoms with van der Waals surface area (Å²) in [4.78, 5) is 16.7. The van der Waals surface area contributed by atoms with Crippen molar-refractivity contribution < 1.29 is 9.21 Å². The molecule has 0 bridgehead atoms. The van der Waals surface area contributed by atoms with Crippen molar-refractivity contribution in [3.05, 3.63) is 76.1 Å². The molecule has 122 valence electrons. The van der Waals surface area contributed by atoms with Crippen molar-refractivity contribution in [2.75, 3.05) is 0 Å². The Morgan fingerprint density at radius 1 is 1.12 bits per heavy atom. The molecule has 5 heteroatoms. The second-order valence-corrected chi connectivity index (χ2v) is 5.97. The minimum Gasteiger partial charge on any atom is -0.441 e. The first kappa shape index (κ1) is 16.3. The number of oxazole rings is 1. The molecule has 0 saturated carbocycles. The second-order valence-electron chi connectivity index (χ2n) is 5.56. The zero-order chi connectivity index (χ0) is 17.1. The van der Waals surface area contributed by atoms with E-state index in [4.69, 9.17) is 16.0 Å². The maximum absolute atomic E-state index is 12.4. The lowest BCUT2D eigenvalue weighted by atomic mass is 10.1. The van der Waals surface area contributed by atoms with E-state index in [1.165, 1.54) is 0 Å². The van der Waals surface area contributed by atoms with Gasteiger partial charge in [-0.3, -0.25) is 4.79 Å². The van der Waals surface area contributed by atoms with Crippen molar-refractivity contribution in [2.45, 2.75) is 20.4 Å². The molecule has 0 aliphatic carbocycles. The van der Waals surface area contributed by atoms with E-state index < -0.39 is 0 Å². The molecule has 4 nitrogen and oxygen atoms in total. The van der Waals surface area contributed by atoms with Gasteiger partial charge >= 0.3 is 0 Å². The van der Waals surface area contributed by atoms with Gasteiger partial charge in [-0.2, -0.15) is 0 Å². The molecule has 1 N–H and O–H groups in total. The topological polar surface area (TPSA) is 55.1 Å². The van der Waals surface area contributed by atoms with Crippen LogP contribution < -0.4 is 5.32 Å². The third kappa shape index (κ3) is 3.49. The van der Waals surface area contributed by atoms with E-state index in [-0.39, 0.29) is 11.6 Å². The van der Waals surface area contributed by atoms with Crippen molar-refractivity contribution in [2.24, 2.45) is 0 Å². The summed E-state index contributed by atoms with van der Waals surface area (Å²) in [5.74, 6) is 0.646. The molecule has 1 amide bonds. The molecule has 0 aliphatic heterocycles. The molecule has 3 aromatic rings. The van der Waals surface area contributed by atoms with E-state index in [1.54, 1.807) is 13.0 Å². The highest BCUT2D eigenvalue weighted by Crippen LogP contribution is 2.22. The highest BCUT2D eigenvalue weighted by Gasteiger charge is 2.18. The van der Waals surface area contributed by atoms with E-state index in [9.17, 15) is 4.79 Å². The summed E-state index contributed by atoms with van der Waals surface area (Å²) >= 11 is 6.10. The minimum absolute atomic E-state index is 0.283. The molecule has 0 atom stereocenters. The number of halogens is 1. The third-order valence-corrected chi connectivity index (χ3v) is 4.08. The van der Waals surface area contributed by atoms with Crippen LogP contribution in [0.4, 0.5) is 0 Å². The number of nitrogens with one attached hydrogen (secondary N) is 1. The van der Waals surface area contributed by atoms with Gasteiger partial charge in [0, 0.05) is 17.1 Å². The summed E-state index contributed by atoms with van der Waals surface area (Å²) in [6.07, 6.45) is 0. The Balaban J connectivity index is 1.76. The number of carbonyl (C=O) groups is 1. The lowest BCUT2D eigenvalue weighted by Gasteiger charge is -2.05. The average molecular weight is 341 g/mol. The second kappa shape index (κ2) is 6.89. The largest absolute Gasteiger partial charge is 0.441 e. The minimum atomic E-state index is -0.283. The van der Waals surface area contributed by atoms with E-state index in [1.807, 2.05) is 49.4 Å². The number of amides is 1. The van der Waals surface area contributed by atoms with Crippen molar-refractivity contribution in [3.8, 4) is 11.5 Å². The summed E-state index contributed by atoms with van der Waals surface area (Å²) < 4.78 is 5.64. The Hall–Kier alpha value is -2.59. The monoisotopic (exact) mass is 340 g/mol. The summed E-state index contributed by atoms with van der Waals surface area (Å²) in [6, 6.07) is 15.2. The van der Waals surface area contributed by atoms with Crippen molar-refractivity contribution in [3.63, 3.8) is 0 Å². The molecule has 0 aliphatic rings. The zero-order valence-electron chi connectivity index (χ0n) is 13.5. The highest BCUT2D eigenvalue weighted by atomic mass is 35.5. The number of aromatic nitrogens is 1. The van der Waals surface area contributed by atoms with Crippen LogP contribution in [0, 0.1) is 13.8 Å². The Morgan fingerprint density at radius 2 is 1.83 bits per heavy atom. The molecule has 2 aromatic carbocycles. The molecule has 0 spiro atoms. The molecule has 1 aromatic heterocycles. The van der Waals surface area contributed by atoms with Gasteiger partial charge in [-0.05, 0) is 37.6 Å². The number of hydrogen-bond acceptors (Lipinski definition) is 3. The van der Waals surface area contributed by atoms with Crippen LogP contribution in [0.3, 0.4) is 0 Å². The number of nitrogens with zero attached hydrogens (tertiary/aromatic N) is 1. The number of carbonyl (C=O) groups excluding carboxylic acids is 1. The molecule has 0 saturated heterocycles. The molecular weight excluding hydrogens is 324 g/mol. The van der Waals surface area contributed by atoms with Crippen LogP contribution in [0.25, 0.3) is 11.5 Å². The van der Waals surface area contributed by atoms with E-state index in [0.29, 0.717) is 23.2 Å². The van der Waals surface area contributed by atoms with Crippen LogP contribution in [0.5, 0.6) is 0 Å². The maximum Gasteiger partial charge on any atom is 0.273 e. The predicted molar refractivity (Wildman–Crippen MR) is 94.0 cm³/mol. The molecule has 1 heterocycles. The van der Waals surface area contributed by atoms with Gasteiger partial charge in [-0.25, -0.2) is 4.98 Å². The first-order valence-corrected chi connectivity index (χ1v) is 7.98. The Morgan fingerprint density at radius 3 is 2.54 bits per heavy atom. The zero-order valence-corrected chi connectivity index (χ0v) is 14.2. The lowest BCUT2D eigenvalue weighted by molar-refractivity contribution is 0.0945. The van der Waals surface area contributed by atoms with Crippen LogP contribution in [0.1, 0.15) is 27.4 Å². The Bertz CT molecular complexity index is 869. The van der Waals surface area contributed by atoms with Crippen LogP contribution in [0.2, 0.25) is 5.02 Å². The van der Waals surface area contributed by atoms with Crippen molar-refractivity contribution in [1.82, 2.24) is 10.3 Å². The molecule has 3 rings (SSSR count). The fourth-order valence-electron chi connectivity index (χ4n) is 2.33. The Labute approximate surface area is 145 Å². The van der Waals surface area contributed by atoms with Gasteiger partial charge in [0.25, 0.3) is 5.91 Å². The van der Waals surface area contributed by atoms with Gasteiger partial charge in [0.05, 0.1) is 0 Å². The molecular formula is C19H17ClN2O2. The smallest absolute Gasteiger partial charge is 0.273 e. The summed E-state index contributed by atoms with van der Waals surface area (Å²) in [6.45, 7) is 4.08. The molecule has 0 unspecified atom stereocenters. The third-order valence-electron chi connectivity index (χ3n) is 3.71. The standard InChI is InChI=1S/C19H17ClN2O2/c1-12-7-9-14(10-8-12)19-22-17(13(2)24-19)18(23)21-11-15-5-3-4-6-16(15)20/h3-10H,11H2,1-2H3,(H,21,23). The first-order valence-electron chi connectivity index (χ1n) is 7.60. The number of hydrogen-bond donors (Lipinski definition) is 1. The normalized spacial score (nSPS) is 10.6. The Kier molecular flexibility index (Phi) is 4.67. The van der Waals surface area contributed by atoms with Crippen molar-refractivity contribution >= 4 is 17.5 Å². The molecule has 0 fully saturated rings. The van der Waals surface area contributed by atoms with Crippen LogP contribution >= 0.6 is 11.6 Å². The average Bonchev–Trinajstić information content (AvgIpc) is 2.96. The summed E-state index contributed by atoms with van der Waals surface area (Å²) in [5, 5.41) is 3.45. The fraction of sp³-hybridized carbons (Fsp3) is 0.158. The number of rotatable bonds is 4. The van der Waals surface area contributed by atoms with Gasteiger partial charge in [0.2, 0.25) is 5.89 Å². The quantitative estimate of drug-likeness (QED) is 0.758. The summed E-state index contributed by atoms with van der Waals surface area (Å²) in [5.41, 5.74) is 3.14.